The molecule has 0 fully saturated rings. The zero-order chi connectivity index (χ0) is 15.0. The SMILES string of the molecule is Nc1cc(C(=O)Nc2ccc3c(c2)OCO3)c(F)cc1F. The lowest BCUT2D eigenvalue weighted by Gasteiger charge is -2.08. The molecule has 0 spiro atoms. The zero-order valence-corrected chi connectivity index (χ0v) is 10.7. The summed E-state index contributed by atoms with van der Waals surface area (Å²) < 4.78 is 37.0. The first kappa shape index (κ1) is 13.2. The molecule has 0 aromatic heterocycles. The van der Waals surface area contributed by atoms with Crippen molar-refractivity contribution >= 4 is 17.3 Å². The minimum atomic E-state index is -0.986. The maximum atomic E-state index is 13.6. The molecule has 1 aliphatic heterocycles. The second kappa shape index (κ2) is 4.93. The van der Waals surface area contributed by atoms with Crippen LogP contribution in [0.5, 0.6) is 11.5 Å². The van der Waals surface area contributed by atoms with Gasteiger partial charge in [-0.15, -0.1) is 0 Å². The fraction of sp³-hybridized carbons (Fsp3) is 0.0714. The van der Waals surface area contributed by atoms with E-state index in [1.165, 1.54) is 0 Å². The maximum absolute atomic E-state index is 13.6. The molecule has 5 nitrogen and oxygen atoms in total. The molecule has 0 aliphatic carbocycles. The van der Waals surface area contributed by atoms with Crippen LogP contribution in [0.25, 0.3) is 0 Å². The molecule has 21 heavy (non-hydrogen) atoms. The third kappa shape index (κ3) is 2.45. The predicted octanol–water partition coefficient (Wildman–Crippen LogP) is 2.53. The van der Waals surface area contributed by atoms with Gasteiger partial charge < -0.3 is 20.5 Å². The van der Waals surface area contributed by atoms with Crippen LogP contribution in [0.2, 0.25) is 0 Å². The molecule has 7 heteroatoms. The molecule has 1 amide bonds. The molecule has 2 aromatic carbocycles. The van der Waals surface area contributed by atoms with Gasteiger partial charge >= 0.3 is 0 Å². The van der Waals surface area contributed by atoms with E-state index in [0.29, 0.717) is 23.3 Å². The lowest BCUT2D eigenvalue weighted by atomic mass is 10.1. The highest BCUT2D eigenvalue weighted by atomic mass is 19.1. The van der Waals surface area contributed by atoms with Gasteiger partial charge in [0.25, 0.3) is 5.91 Å². The van der Waals surface area contributed by atoms with Gasteiger partial charge in [-0.2, -0.15) is 0 Å². The maximum Gasteiger partial charge on any atom is 0.258 e. The van der Waals surface area contributed by atoms with Gasteiger partial charge in [0.15, 0.2) is 11.5 Å². The summed E-state index contributed by atoms with van der Waals surface area (Å²) in [6.45, 7) is 0.107. The molecule has 3 N–H and O–H groups in total. The molecule has 3 rings (SSSR count). The Hall–Kier alpha value is -2.83. The van der Waals surface area contributed by atoms with E-state index in [2.05, 4.69) is 5.32 Å². The number of nitrogens with two attached hydrogens (primary N) is 1. The van der Waals surface area contributed by atoms with Crippen LogP contribution in [0.3, 0.4) is 0 Å². The van der Waals surface area contributed by atoms with Crippen LogP contribution in [-0.2, 0) is 0 Å². The number of hydrogen-bond acceptors (Lipinski definition) is 4. The number of halogens is 2. The Labute approximate surface area is 118 Å². The predicted molar refractivity (Wildman–Crippen MR) is 71.3 cm³/mol. The number of benzene rings is 2. The molecule has 0 saturated heterocycles. The van der Waals surface area contributed by atoms with Gasteiger partial charge in [-0.05, 0) is 18.2 Å². The Balaban J connectivity index is 1.85. The molecule has 1 heterocycles. The Kier molecular flexibility index (Phi) is 3.09. The molecule has 0 saturated carbocycles. The van der Waals surface area contributed by atoms with Crippen molar-refractivity contribution in [3.8, 4) is 11.5 Å². The van der Waals surface area contributed by atoms with Crippen molar-refractivity contribution < 1.29 is 23.0 Å². The summed E-state index contributed by atoms with van der Waals surface area (Å²) in [7, 11) is 0. The van der Waals surface area contributed by atoms with Crippen molar-refractivity contribution in [1.29, 1.82) is 0 Å². The number of anilines is 2. The van der Waals surface area contributed by atoms with Gasteiger partial charge in [0.05, 0.1) is 11.3 Å². The van der Waals surface area contributed by atoms with Gasteiger partial charge in [-0.3, -0.25) is 4.79 Å². The quantitative estimate of drug-likeness (QED) is 0.834. The van der Waals surface area contributed by atoms with Crippen molar-refractivity contribution in [2.45, 2.75) is 0 Å². The molecule has 1 aliphatic rings. The van der Waals surface area contributed by atoms with Crippen LogP contribution in [0.1, 0.15) is 10.4 Å². The average Bonchev–Trinajstić information content (AvgIpc) is 2.90. The van der Waals surface area contributed by atoms with Crippen molar-refractivity contribution in [3.05, 3.63) is 47.5 Å². The van der Waals surface area contributed by atoms with E-state index in [9.17, 15) is 13.6 Å². The van der Waals surface area contributed by atoms with Gasteiger partial charge in [0.1, 0.15) is 11.6 Å². The third-order valence-electron chi connectivity index (χ3n) is 2.96. The Bertz CT molecular complexity index is 734. The van der Waals surface area contributed by atoms with Gasteiger partial charge in [-0.25, -0.2) is 8.78 Å². The second-order valence-electron chi connectivity index (χ2n) is 4.38. The Morgan fingerprint density at radius 3 is 2.67 bits per heavy atom. The fourth-order valence-electron chi connectivity index (χ4n) is 1.91. The standard InChI is InChI=1S/C14H10F2N2O3/c15-9-5-10(16)11(17)4-8(9)14(19)18-7-1-2-12-13(3-7)21-6-20-12/h1-5H,6,17H2,(H,18,19). The smallest absolute Gasteiger partial charge is 0.258 e. The first-order chi connectivity index (χ1) is 10.0. The number of rotatable bonds is 2. The molecule has 0 bridgehead atoms. The zero-order valence-electron chi connectivity index (χ0n) is 10.7. The van der Waals surface area contributed by atoms with E-state index in [0.717, 1.165) is 6.07 Å². The van der Waals surface area contributed by atoms with Gasteiger partial charge in [-0.1, -0.05) is 0 Å². The van der Waals surface area contributed by atoms with Crippen LogP contribution in [0, 0.1) is 11.6 Å². The van der Waals surface area contributed by atoms with Gasteiger partial charge in [0, 0.05) is 17.8 Å². The van der Waals surface area contributed by atoms with Crippen LogP contribution >= 0.6 is 0 Å². The van der Waals surface area contributed by atoms with E-state index < -0.39 is 17.5 Å². The number of hydrogen-bond donors (Lipinski definition) is 2. The van der Waals surface area contributed by atoms with E-state index in [1.807, 2.05) is 0 Å². The van der Waals surface area contributed by atoms with Crippen molar-refractivity contribution in [2.75, 3.05) is 17.8 Å². The number of amides is 1. The second-order valence-corrected chi connectivity index (χ2v) is 4.38. The molecule has 0 radical (unpaired) electrons. The summed E-state index contributed by atoms with van der Waals surface area (Å²) in [5.41, 5.74) is 5.09. The van der Waals surface area contributed by atoms with Crippen LogP contribution in [-0.4, -0.2) is 12.7 Å². The van der Waals surface area contributed by atoms with Crippen molar-refractivity contribution in [2.24, 2.45) is 0 Å². The van der Waals surface area contributed by atoms with Gasteiger partial charge in [0.2, 0.25) is 6.79 Å². The van der Waals surface area contributed by atoms with E-state index in [4.69, 9.17) is 15.2 Å². The highest BCUT2D eigenvalue weighted by molar-refractivity contribution is 6.05. The minimum Gasteiger partial charge on any atom is -0.454 e. The largest absolute Gasteiger partial charge is 0.454 e. The number of fused-ring (bicyclic) bond motifs is 1. The Morgan fingerprint density at radius 2 is 1.86 bits per heavy atom. The summed E-state index contributed by atoms with van der Waals surface area (Å²) in [4.78, 5) is 12.0. The lowest BCUT2D eigenvalue weighted by molar-refractivity contribution is 0.102. The molecular formula is C14H10F2N2O3. The highest BCUT2D eigenvalue weighted by Gasteiger charge is 2.17. The van der Waals surface area contributed by atoms with Crippen molar-refractivity contribution in [1.82, 2.24) is 0 Å². The minimum absolute atomic E-state index is 0.107. The molecule has 2 aromatic rings. The van der Waals surface area contributed by atoms with Crippen LogP contribution < -0.4 is 20.5 Å². The average molecular weight is 292 g/mol. The summed E-state index contributed by atoms with van der Waals surface area (Å²) in [5.74, 6) is -1.60. The first-order valence-electron chi connectivity index (χ1n) is 6.00. The number of nitrogens with one attached hydrogen (secondary N) is 1. The van der Waals surface area contributed by atoms with Crippen molar-refractivity contribution in [3.63, 3.8) is 0 Å². The number of carbonyl (C=O) groups excluding carboxylic acids is 1. The van der Waals surface area contributed by atoms with Crippen LogP contribution in [0.15, 0.2) is 30.3 Å². The summed E-state index contributed by atoms with van der Waals surface area (Å²) in [5, 5.41) is 2.48. The normalized spacial score (nSPS) is 12.3. The molecule has 0 atom stereocenters. The van der Waals surface area contributed by atoms with E-state index in [-0.39, 0.29) is 18.0 Å². The molecule has 108 valence electrons. The summed E-state index contributed by atoms with van der Waals surface area (Å²) >= 11 is 0. The molecule has 0 unspecified atom stereocenters. The van der Waals surface area contributed by atoms with E-state index >= 15 is 0 Å². The Morgan fingerprint density at radius 1 is 1.10 bits per heavy atom. The van der Waals surface area contributed by atoms with Crippen LogP contribution in [0.4, 0.5) is 20.2 Å². The monoisotopic (exact) mass is 292 g/mol. The lowest BCUT2D eigenvalue weighted by Crippen LogP contribution is -2.14. The summed E-state index contributed by atoms with van der Waals surface area (Å²) in [6.07, 6.45) is 0. The number of carbonyl (C=O) groups is 1. The molecular weight excluding hydrogens is 282 g/mol. The fourth-order valence-corrected chi connectivity index (χ4v) is 1.91. The number of ether oxygens (including phenoxy) is 2. The number of nitrogen functional groups attached to an aromatic ring is 1. The topological polar surface area (TPSA) is 73.6 Å². The third-order valence-corrected chi connectivity index (χ3v) is 2.96. The first-order valence-corrected chi connectivity index (χ1v) is 6.00. The van der Waals surface area contributed by atoms with E-state index in [1.54, 1.807) is 18.2 Å². The summed E-state index contributed by atoms with van der Waals surface area (Å²) in [6, 6.07) is 6.27. The highest BCUT2D eigenvalue weighted by Crippen LogP contribution is 2.34.